The van der Waals surface area contributed by atoms with Crippen molar-refractivity contribution < 1.29 is 0 Å². The van der Waals surface area contributed by atoms with Crippen molar-refractivity contribution in [3.05, 3.63) is 16.4 Å². The third kappa shape index (κ3) is 0.825. The first-order chi connectivity index (χ1) is 3.30. The molecule has 38 valence electrons. The van der Waals surface area contributed by atoms with E-state index in [4.69, 9.17) is 0 Å². The Bertz CT molecular complexity index is 142. The van der Waals surface area contributed by atoms with Gasteiger partial charge in [-0.25, -0.2) is 0 Å². The lowest BCUT2D eigenvalue weighted by Crippen LogP contribution is -1.62. The molecule has 1 heterocycles. The Morgan fingerprint density at radius 3 is 2.71 bits per heavy atom. The van der Waals surface area contributed by atoms with Gasteiger partial charge >= 0.3 is 0 Å². The van der Waals surface area contributed by atoms with E-state index in [-0.39, 0.29) is 0 Å². The highest BCUT2D eigenvalue weighted by Crippen LogP contribution is 2.08. The summed E-state index contributed by atoms with van der Waals surface area (Å²) in [7, 11) is 0. The van der Waals surface area contributed by atoms with Gasteiger partial charge < -0.3 is 0 Å². The van der Waals surface area contributed by atoms with Crippen molar-refractivity contribution in [2.75, 3.05) is 0 Å². The largest absolute Gasteiger partial charge is 0.271 e. The van der Waals surface area contributed by atoms with Gasteiger partial charge in [-0.05, 0) is 22.9 Å². The van der Waals surface area contributed by atoms with Crippen LogP contribution in [0, 0.1) is 6.92 Å². The Morgan fingerprint density at radius 1 is 1.86 bits per heavy atom. The van der Waals surface area contributed by atoms with E-state index in [2.05, 4.69) is 26.1 Å². The zero-order valence-electron chi connectivity index (χ0n) is 3.90. The first-order valence-electron chi connectivity index (χ1n) is 1.96. The molecule has 0 aliphatic carbocycles. The molecule has 0 amide bonds. The van der Waals surface area contributed by atoms with Gasteiger partial charge in [0.1, 0.15) is 4.60 Å². The summed E-state index contributed by atoms with van der Waals surface area (Å²) in [6.45, 7) is 1.98. The normalized spacial score (nSPS) is 9.43. The molecular weight excluding hydrogens is 156 g/mol. The van der Waals surface area contributed by atoms with Gasteiger partial charge in [-0.15, -0.1) is 0 Å². The number of hydrogen-bond acceptors (Lipinski definition) is 1. The van der Waals surface area contributed by atoms with E-state index < -0.39 is 0 Å². The molecule has 1 aromatic rings. The van der Waals surface area contributed by atoms with Crippen molar-refractivity contribution in [3.63, 3.8) is 0 Å². The molecule has 0 unspecified atom stereocenters. The van der Waals surface area contributed by atoms with E-state index in [1.807, 2.05) is 6.92 Å². The lowest BCUT2D eigenvalue weighted by Gasteiger charge is -1.76. The number of H-pyrrole nitrogens is 1. The van der Waals surface area contributed by atoms with Crippen molar-refractivity contribution in [2.24, 2.45) is 0 Å². The number of aryl methyl sites for hydroxylation is 1. The van der Waals surface area contributed by atoms with Crippen molar-refractivity contribution >= 4 is 15.9 Å². The summed E-state index contributed by atoms with van der Waals surface area (Å²) < 4.78 is 0.965. The molecule has 3 heteroatoms. The molecule has 0 fully saturated rings. The van der Waals surface area contributed by atoms with Gasteiger partial charge in [0.25, 0.3) is 0 Å². The first kappa shape index (κ1) is 4.84. The second-order valence-electron chi connectivity index (χ2n) is 1.37. The van der Waals surface area contributed by atoms with E-state index >= 15 is 0 Å². The number of halogens is 1. The van der Waals surface area contributed by atoms with Crippen LogP contribution in [0.3, 0.4) is 0 Å². The van der Waals surface area contributed by atoms with E-state index in [0.29, 0.717) is 0 Å². The monoisotopic (exact) mass is 160 g/mol. The van der Waals surface area contributed by atoms with Gasteiger partial charge in [-0.3, -0.25) is 5.10 Å². The first-order valence-corrected chi connectivity index (χ1v) is 2.75. The van der Waals surface area contributed by atoms with Crippen LogP contribution in [-0.2, 0) is 0 Å². The van der Waals surface area contributed by atoms with E-state index in [1.54, 1.807) is 6.20 Å². The van der Waals surface area contributed by atoms with Gasteiger partial charge in [0, 0.05) is 5.56 Å². The highest BCUT2D eigenvalue weighted by Gasteiger charge is 1.89. The molecule has 0 bridgehead atoms. The maximum Gasteiger partial charge on any atom is 0.103 e. The van der Waals surface area contributed by atoms with Crippen LogP contribution in [0.1, 0.15) is 5.56 Å². The fourth-order valence-electron chi connectivity index (χ4n) is 0.331. The SMILES string of the molecule is Cc1cn[nH]c1Br. The van der Waals surface area contributed by atoms with Crippen LogP contribution < -0.4 is 0 Å². The number of nitrogens with one attached hydrogen (secondary N) is 1. The Balaban J connectivity index is 3.12. The quantitative estimate of drug-likeness (QED) is 0.613. The minimum Gasteiger partial charge on any atom is -0.271 e. The van der Waals surface area contributed by atoms with Crippen LogP contribution in [0.15, 0.2) is 10.8 Å². The van der Waals surface area contributed by atoms with Gasteiger partial charge in [-0.1, -0.05) is 0 Å². The van der Waals surface area contributed by atoms with Crippen LogP contribution in [0.4, 0.5) is 0 Å². The zero-order valence-corrected chi connectivity index (χ0v) is 5.49. The Morgan fingerprint density at radius 2 is 2.57 bits per heavy atom. The molecule has 1 N–H and O–H groups in total. The number of rotatable bonds is 0. The molecule has 0 spiro atoms. The number of hydrogen-bond donors (Lipinski definition) is 1. The van der Waals surface area contributed by atoms with Crippen molar-refractivity contribution in [1.82, 2.24) is 10.2 Å². The molecule has 2 nitrogen and oxygen atoms in total. The van der Waals surface area contributed by atoms with Crippen molar-refractivity contribution in [2.45, 2.75) is 6.92 Å². The lowest BCUT2D eigenvalue weighted by molar-refractivity contribution is 1.07. The lowest BCUT2D eigenvalue weighted by atomic mass is 10.4. The summed E-state index contributed by atoms with van der Waals surface area (Å²) in [6, 6.07) is 0. The smallest absolute Gasteiger partial charge is 0.103 e. The van der Waals surface area contributed by atoms with Crippen LogP contribution >= 0.6 is 15.9 Å². The molecule has 0 saturated carbocycles. The van der Waals surface area contributed by atoms with Gasteiger partial charge in [0.2, 0.25) is 0 Å². The van der Waals surface area contributed by atoms with Crippen molar-refractivity contribution in [3.8, 4) is 0 Å². The molecule has 0 saturated heterocycles. The van der Waals surface area contributed by atoms with Crippen molar-refractivity contribution in [1.29, 1.82) is 0 Å². The standard InChI is InChI=1S/C4H5BrN2/c1-3-2-6-7-4(3)5/h2H,1H3,(H,6,7). The number of aromatic amines is 1. The predicted octanol–water partition coefficient (Wildman–Crippen LogP) is 1.48. The third-order valence-corrected chi connectivity index (χ3v) is 1.57. The van der Waals surface area contributed by atoms with Crippen LogP contribution in [0.2, 0.25) is 0 Å². The van der Waals surface area contributed by atoms with Gasteiger partial charge in [-0.2, -0.15) is 5.10 Å². The molecule has 0 radical (unpaired) electrons. The highest BCUT2D eigenvalue weighted by molar-refractivity contribution is 9.10. The zero-order chi connectivity index (χ0) is 5.28. The topological polar surface area (TPSA) is 28.7 Å². The molecule has 1 aromatic heterocycles. The maximum atomic E-state index is 3.75. The fourth-order valence-corrected chi connectivity index (χ4v) is 0.535. The molecule has 7 heavy (non-hydrogen) atoms. The van der Waals surface area contributed by atoms with Crippen LogP contribution in [-0.4, -0.2) is 10.2 Å². The Hall–Kier alpha value is -0.310. The number of aromatic nitrogens is 2. The molecule has 0 aliphatic heterocycles. The molecule has 0 atom stereocenters. The number of nitrogens with zero attached hydrogens (tertiary/aromatic N) is 1. The highest BCUT2D eigenvalue weighted by atomic mass is 79.9. The second-order valence-corrected chi connectivity index (χ2v) is 2.16. The summed E-state index contributed by atoms with van der Waals surface area (Å²) >= 11 is 3.25. The van der Waals surface area contributed by atoms with Crippen LogP contribution in [0.5, 0.6) is 0 Å². The second kappa shape index (κ2) is 1.66. The average Bonchev–Trinajstić information content (AvgIpc) is 1.91. The third-order valence-electron chi connectivity index (χ3n) is 0.767. The summed E-state index contributed by atoms with van der Waals surface area (Å²) in [6.07, 6.45) is 1.77. The summed E-state index contributed by atoms with van der Waals surface area (Å²) in [5.74, 6) is 0. The van der Waals surface area contributed by atoms with Gasteiger partial charge in [0.05, 0.1) is 6.20 Å². The Labute approximate surface area is 50.1 Å². The minimum absolute atomic E-state index is 0.965. The minimum atomic E-state index is 0.965. The summed E-state index contributed by atoms with van der Waals surface area (Å²) in [4.78, 5) is 0. The van der Waals surface area contributed by atoms with Crippen LogP contribution in [0.25, 0.3) is 0 Å². The van der Waals surface area contributed by atoms with E-state index in [1.165, 1.54) is 0 Å². The molecule has 1 rings (SSSR count). The maximum absolute atomic E-state index is 3.75. The molecule has 0 aromatic carbocycles. The fraction of sp³-hybridized carbons (Fsp3) is 0.250. The van der Waals surface area contributed by atoms with E-state index in [9.17, 15) is 0 Å². The molecular formula is C4H5BrN2. The predicted molar refractivity (Wildman–Crippen MR) is 31.0 cm³/mol. The summed E-state index contributed by atoms with van der Waals surface area (Å²) in [5, 5.41) is 6.48. The Kier molecular flexibility index (Phi) is 1.15. The summed E-state index contributed by atoms with van der Waals surface area (Å²) in [5.41, 5.74) is 1.14. The van der Waals surface area contributed by atoms with Gasteiger partial charge in [0.15, 0.2) is 0 Å². The molecule has 0 aliphatic rings. The average molecular weight is 161 g/mol. The van der Waals surface area contributed by atoms with E-state index in [0.717, 1.165) is 10.2 Å².